The second-order valence-corrected chi connectivity index (χ2v) is 4.56. The molecule has 2 N–H and O–H groups in total. The number of thioether (sulfide) groups is 1. The van der Waals surface area contributed by atoms with Crippen LogP contribution in [-0.4, -0.2) is 34.6 Å². The van der Waals surface area contributed by atoms with Gasteiger partial charge in [0.15, 0.2) is 0 Å². The van der Waals surface area contributed by atoms with Crippen molar-refractivity contribution in [2.24, 2.45) is 0 Å². The summed E-state index contributed by atoms with van der Waals surface area (Å²) in [5.41, 5.74) is 0. The number of aromatic nitrogens is 2. The fourth-order valence-corrected chi connectivity index (χ4v) is 1.82. The van der Waals surface area contributed by atoms with Crippen LogP contribution in [0.15, 0.2) is 12.4 Å². The van der Waals surface area contributed by atoms with Gasteiger partial charge in [0.1, 0.15) is 11.6 Å². The van der Waals surface area contributed by atoms with Crippen molar-refractivity contribution >= 4 is 23.4 Å². The number of hydrogen-bond donors (Lipinski definition) is 2. The summed E-state index contributed by atoms with van der Waals surface area (Å²) < 4.78 is 0. The van der Waals surface area contributed by atoms with Gasteiger partial charge in [-0.3, -0.25) is 4.98 Å². The second-order valence-electron chi connectivity index (χ2n) is 3.24. The molecule has 0 saturated carbocycles. The molecule has 0 amide bonds. The molecule has 1 rings (SSSR count). The van der Waals surface area contributed by atoms with E-state index >= 15 is 0 Å². The van der Waals surface area contributed by atoms with Gasteiger partial charge in [0.2, 0.25) is 0 Å². The first kappa shape index (κ1) is 12.1. The molecule has 84 valence electrons. The van der Waals surface area contributed by atoms with E-state index in [1.807, 2.05) is 18.8 Å². The van der Waals surface area contributed by atoms with Gasteiger partial charge < -0.3 is 10.6 Å². The maximum Gasteiger partial charge on any atom is 0.147 e. The van der Waals surface area contributed by atoms with Crippen molar-refractivity contribution in [2.45, 2.75) is 19.9 Å². The highest BCUT2D eigenvalue weighted by molar-refractivity contribution is 7.99. The molecule has 0 saturated heterocycles. The van der Waals surface area contributed by atoms with E-state index in [-0.39, 0.29) is 0 Å². The third-order valence-corrected chi connectivity index (χ3v) is 3.00. The van der Waals surface area contributed by atoms with Crippen LogP contribution in [0.2, 0.25) is 0 Å². The molecule has 0 aliphatic rings. The zero-order valence-corrected chi connectivity index (χ0v) is 10.3. The summed E-state index contributed by atoms with van der Waals surface area (Å²) in [5, 5.41) is 6.28. The molecule has 0 fully saturated rings. The van der Waals surface area contributed by atoms with E-state index in [1.165, 1.54) is 0 Å². The Bertz CT molecular complexity index is 293. The van der Waals surface area contributed by atoms with E-state index in [0.717, 1.165) is 23.1 Å². The van der Waals surface area contributed by atoms with E-state index < -0.39 is 0 Å². The van der Waals surface area contributed by atoms with Crippen LogP contribution in [-0.2, 0) is 0 Å². The van der Waals surface area contributed by atoms with Gasteiger partial charge in [-0.1, -0.05) is 6.92 Å². The van der Waals surface area contributed by atoms with Gasteiger partial charge in [-0.05, 0) is 12.7 Å². The molecular formula is C10H18N4S. The molecule has 0 aliphatic carbocycles. The van der Waals surface area contributed by atoms with Gasteiger partial charge in [0.25, 0.3) is 0 Å². The normalized spacial score (nSPS) is 12.2. The Labute approximate surface area is 95.3 Å². The molecule has 0 aliphatic heterocycles. The lowest BCUT2D eigenvalue weighted by Gasteiger charge is -2.13. The third kappa shape index (κ3) is 4.38. The summed E-state index contributed by atoms with van der Waals surface area (Å²) in [6.45, 7) is 4.31. The molecule has 1 atom stereocenters. The van der Waals surface area contributed by atoms with Gasteiger partial charge in [-0.2, -0.15) is 11.8 Å². The van der Waals surface area contributed by atoms with Crippen LogP contribution in [0, 0.1) is 0 Å². The SMILES string of the molecule is CCSCC(C)Nc1cncc(NC)n1. The summed E-state index contributed by atoms with van der Waals surface area (Å²) in [5.74, 6) is 3.84. The number of rotatable bonds is 6. The zero-order chi connectivity index (χ0) is 11.1. The fraction of sp³-hybridized carbons (Fsp3) is 0.600. The van der Waals surface area contributed by atoms with Crippen LogP contribution < -0.4 is 10.6 Å². The quantitative estimate of drug-likeness (QED) is 0.777. The van der Waals surface area contributed by atoms with Crippen molar-refractivity contribution in [3.05, 3.63) is 12.4 Å². The molecule has 0 radical (unpaired) electrons. The highest BCUT2D eigenvalue weighted by Crippen LogP contribution is 2.09. The number of nitrogens with one attached hydrogen (secondary N) is 2. The van der Waals surface area contributed by atoms with E-state index in [9.17, 15) is 0 Å². The molecule has 1 heterocycles. The lowest BCUT2D eigenvalue weighted by Crippen LogP contribution is -2.19. The Balaban J connectivity index is 2.48. The van der Waals surface area contributed by atoms with Crippen LogP contribution in [0.4, 0.5) is 11.6 Å². The molecule has 5 heteroatoms. The van der Waals surface area contributed by atoms with Crippen LogP contribution >= 0.6 is 11.8 Å². The first-order chi connectivity index (χ1) is 7.26. The standard InChI is InChI=1S/C10H18N4S/c1-4-15-7-8(2)13-10-6-12-5-9(11-3)14-10/h5-6,8H,4,7H2,1-3H3,(H2,11,13,14). The van der Waals surface area contributed by atoms with Crippen LogP contribution in [0.3, 0.4) is 0 Å². The van der Waals surface area contributed by atoms with Crippen molar-refractivity contribution in [1.29, 1.82) is 0 Å². The number of anilines is 2. The summed E-state index contributed by atoms with van der Waals surface area (Å²) in [7, 11) is 1.84. The monoisotopic (exact) mass is 226 g/mol. The van der Waals surface area contributed by atoms with E-state index in [0.29, 0.717) is 6.04 Å². The smallest absolute Gasteiger partial charge is 0.147 e. The Morgan fingerprint density at radius 1 is 1.40 bits per heavy atom. The number of nitrogens with zero attached hydrogens (tertiary/aromatic N) is 2. The topological polar surface area (TPSA) is 49.8 Å². The molecule has 1 aromatic rings. The van der Waals surface area contributed by atoms with E-state index in [2.05, 4.69) is 34.4 Å². The maximum absolute atomic E-state index is 4.35. The Morgan fingerprint density at radius 2 is 2.13 bits per heavy atom. The summed E-state index contributed by atoms with van der Waals surface area (Å²) >= 11 is 1.92. The molecule has 1 aromatic heterocycles. The largest absolute Gasteiger partial charge is 0.372 e. The minimum atomic E-state index is 0.413. The molecule has 4 nitrogen and oxygen atoms in total. The predicted octanol–water partition coefficient (Wildman–Crippen LogP) is 2.07. The van der Waals surface area contributed by atoms with Crippen molar-refractivity contribution in [2.75, 3.05) is 29.2 Å². The van der Waals surface area contributed by atoms with Gasteiger partial charge >= 0.3 is 0 Å². The average molecular weight is 226 g/mol. The molecule has 15 heavy (non-hydrogen) atoms. The van der Waals surface area contributed by atoms with Gasteiger partial charge in [-0.15, -0.1) is 0 Å². The minimum absolute atomic E-state index is 0.413. The third-order valence-electron chi connectivity index (χ3n) is 1.86. The van der Waals surface area contributed by atoms with Crippen LogP contribution in [0.25, 0.3) is 0 Å². The van der Waals surface area contributed by atoms with E-state index in [4.69, 9.17) is 0 Å². The summed E-state index contributed by atoms with van der Waals surface area (Å²) in [6.07, 6.45) is 3.45. The lowest BCUT2D eigenvalue weighted by molar-refractivity contribution is 0.898. The predicted molar refractivity (Wildman–Crippen MR) is 67.7 cm³/mol. The maximum atomic E-state index is 4.35. The summed E-state index contributed by atoms with van der Waals surface area (Å²) in [6, 6.07) is 0.413. The molecule has 0 spiro atoms. The molecule has 0 bridgehead atoms. The first-order valence-electron chi connectivity index (χ1n) is 5.10. The summed E-state index contributed by atoms with van der Waals surface area (Å²) in [4.78, 5) is 8.44. The zero-order valence-electron chi connectivity index (χ0n) is 9.45. The number of hydrogen-bond acceptors (Lipinski definition) is 5. The fourth-order valence-electron chi connectivity index (χ4n) is 1.14. The Hall–Kier alpha value is -0.970. The van der Waals surface area contributed by atoms with Crippen LogP contribution in [0.5, 0.6) is 0 Å². The van der Waals surface area contributed by atoms with Gasteiger partial charge in [0, 0.05) is 18.8 Å². The van der Waals surface area contributed by atoms with E-state index in [1.54, 1.807) is 12.4 Å². The average Bonchev–Trinajstić information content (AvgIpc) is 2.26. The lowest BCUT2D eigenvalue weighted by atomic mass is 10.4. The van der Waals surface area contributed by atoms with Crippen molar-refractivity contribution in [3.63, 3.8) is 0 Å². The van der Waals surface area contributed by atoms with Crippen molar-refractivity contribution < 1.29 is 0 Å². The Morgan fingerprint density at radius 3 is 2.80 bits per heavy atom. The van der Waals surface area contributed by atoms with Crippen LogP contribution in [0.1, 0.15) is 13.8 Å². The van der Waals surface area contributed by atoms with Crippen molar-refractivity contribution in [3.8, 4) is 0 Å². The van der Waals surface area contributed by atoms with Crippen molar-refractivity contribution in [1.82, 2.24) is 9.97 Å². The van der Waals surface area contributed by atoms with Gasteiger partial charge in [-0.25, -0.2) is 4.98 Å². The highest BCUT2D eigenvalue weighted by Gasteiger charge is 2.03. The molecule has 1 unspecified atom stereocenters. The highest BCUT2D eigenvalue weighted by atomic mass is 32.2. The van der Waals surface area contributed by atoms with Gasteiger partial charge in [0.05, 0.1) is 12.4 Å². The molecule has 0 aromatic carbocycles. The second kappa shape index (κ2) is 6.50. The minimum Gasteiger partial charge on any atom is -0.372 e. The first-order valence-corrected chi connectivity index (χ1v) is 6.25. The molecular weight excluding hydrogens is 208 g/mol. The Kier molecular flexibility index (Phi) is 5.25.